The summed E-state index contributed by atoms with van der Waals surface area (Å²) in [5.74, 6) is 1.35. The van der Waals surface area contributed by atoms with Crippen molar-refractivity contribution in [1.29, 1.82) is 0 Å². The minimum Gasteiger partial charge on any atom is -0.454 e. The van der Waals surface area contributed by atoms with Crippen LogP contribution in [0.25, 0.3) is 0 Å². The molecule has 21 heavy (non-hydrogen) atoms. The molecule has 2 heterocycles. The number of benzene rings is 1. The number of hydrogen-bond acceptors (Lipinski definition) is 4. The second-order valence-corrected chi connectivity index (χ2v) is 6.19. The molecule has 0 spiro atoms. The summed E-state index contributed by atoms with van der Waals surface area (Å²) in [6.07, 6.45) is 1.76. The van der Waals surface area contributed by atoms with E-state index in [4.69, 9.17) is 9.47 Å². The minimum atomic E-state index is -0.633. The first kappa shape index (κ1) is 14.4. The molecule has 0 fully saturated rings. The molecule has 3 rings (SSSR count). The fourth-order valence-corrected chi connectivity index (χ4v) is 2.84. The monoisotopic (exact) mass is 352 g/mol. The molecule has 1 unspecified atom stereocenters. The lowest BCUT2D eigenvalue weighted by atomic mass is 10.0. The summed E-state index contributed by atoms with van der Waals surface area (Å²) < 4.78 is 13.4. The maximum atomic E-state index is 10.4. The number of halogens is 1. The fourth-order valence-electron chi connectivity index (χ4n) is 2.27. The highest BCUT2D eigenvalue weighted by Gasteiger charge is 2.21. The zero-order chi connectivity index (χ0) is 15.0. The van der Waals surface area contributed by atoms with Crippen molar-refractivity contribution in [3.63, 3.8) is 0 Å². The third-order valence-electron chi connectivity index (χ3n) is 3.43. The van der Waals surface area contributed by atoms with E-state index in [1.54, 1.807) is 0 Å². The fraction of sp³-hybridized carbons (Fsp3) is 0.400. The number of rotatable bonds is 4. The van der Waals surface area contributed by atoms with Gasteiger partial charge in [-0.1, -0.05) is 0 Å². The van der Waals surface area contributed by atoms with E-state index in [1.165, 1.54) is 0 Å². The number of aromatic nitrogens is 2. The average Bonchev–Trinajstić information content (AvgIpc) is 3.07. The molecule has 5 nitrogen and oxygen atoms in total. The van der Waals surface area contributed by atoms with Crippen LogP contribution in [0, 0.1) is 0 Å². The van der Waals surface area contributed by atoms with Gasteiger partial charge in [-0.05, 0) is 53.5 Å². The van der Waals surface area contributed by atoms with Gasteiger partial charge in [0.1, 0.15) is 0 Å². The first-order valence-corrected chi connectivity index (χ1v) is 7.65. The molecule has 0 radical (unpaired) electrons. The van der Waals surface area contributed by atoms with Crippen LogP contribution in [0.5, 0.6) is 11.5 Å². The van der Waals surface area contributed by atoms with E-state index < -0.39 is 6.10 Å². The lowest BCUT2D eigenvalue weighted by molar-refractivity contribution is 0.171. The lowest BCUT2D eigenvalue weighted by Gasteiger charge is -2.11. The number of hydrogen-bond donors (Lipinski definition) is 1. The van der Waals surface area contributed by atoms with Crippen molar-refractivity contribution in [2.75, 3.05) is 6.79 Å². The van der Waals surface area contributed by atoms with Crippen LogP contribution in [0.2, 0.25) is 0 Å². The number of nitrogens with zero attached hydrogens (tertiary/aromatic N) is 2. The smallest absolute Gasteiger partial charge is 0.231 e. The van der Waals surface area contributed by atoms with Crippen molar-refractivity contribution >= 4 is 15.9 Å². The molecule has 2 aromatic rings. The molecule has 1 aromatic heterocycles. The van der Waals surface area contributed by atoms with E-state index in [0.29, 0.717) is 24.0 Å². The van der Waals surface area contributed by atoms with Gasteiger partial charge in [0, 0.05) is 18.7 Å². The van der Waals surface area contributed by atoms with E-state index in [-0.39, 0.29) is 6.79 Å². The van der Waals surface area contributed by atoms with Gasteiger partial charge in [-0.15, -0.1) is 0 Å². The Hall–Kier alpha value is -1.53. The second-order valence-electron chi connectivity index (χ2n) is 5.34. The molecular formula is C15H17BrN2O3. The van der Waals surface area contributed by atoms with Crippen molar-refractivity contribution < 1.29 is 14.6 Å². The summed E-state index contributed by atoms with van der Waals surface area (Å²) in [4.78, 5) is 0. The average molecular weight is 353 g/mol. The van der Waals surface area contributed by atoms with E-state index >= 15 is 0 Å². The highest BCUT2D eigenvalue weighted by molar-refractivity contribution is 9.10. The number of aliphatic hydroxyl groups is 1. The largest absolute Gasteiger partial charge is 0.454 e. The molecular weight excluding hydrogens is 336 g/mol. The van der Waals surface area contributed by atoms with Gasteiger partial charge in [0.25, 0.3) is 0 Å². The predicted molar refractivity (Wildman–Crippen MR) is 81.5 cm³/mol. The van der Waals surface area contributed by atoms with Gasteiger partial charge >= 0.3 is 0 Å². The van der Waals surface area contributed by atoms with Crippen LogP contribution in [-0.2, 0) is 6.42 Å². The summed E-state index contributed by atoms with van der Waals surface area (Å²) in [6, 6.07) is 5.93. The summed E-state index contributed by atoms with van der Waals surface area (Å²) in [5.41, 5.74) is 1.65. The Morgan fingerprint density at radius 3 is 2.90 bits per heavy atom. The van der Waals surface area contributed by atoms with Crippen LogP contribution < -0.4 is 9.47 Å². The Kier molecular flexibility index (Phi) is 3.91. The van der Waals surface area contributed by atoms with Gasteiger partial charge < -0.3 is 14.6 Å². The molecule has 1 aliphatic rings. The van der Waals surface area contributed by atoms with Crippen LogP contribution in [0.4, 0.5) is 0 Å². The maximum absolute atomic E-state index is 10.4. The summed E-state index contributed by atoms with van der Waals surface area (Å²) in [5, 5.41) is 14.9. The molecule has 1 N–H and O–H groups in total. The van der Waals surface area contributed by atoms with Crippen molar-refractivity contribution in [2.45, 2.75) is 32.4 Å². The molecule has 0 saturated carbocycles. The SMILES string of the molecule is CC(C)n1ccc(CC(O)c2cc(Br)c3c(c2)OCO3)n1. The van der Waals surface area contributed by atoms with Crippen molar-refractivity contribution in [1.82, 2.24) is 9.78 Å². The summed E-state index contributed by atoms with van der Waals surface area (Å²) in [6.45, 7) is 4.36. The molecule has 0 bridgehead atoms. The highest BCUT2D eigenvalue weighted by Crippen LogP contribution is 2.41. The third kappa shape index (κ3) is 2.91. The second kappa shape index (κ2) is 5.69. The first-order valence-electron chi connectivity index (χ1n) is 6.85. The molecule has 1 atom stereocenters. The molecule has 1 aliphatic heterocycles. The Morgan fingerprint density at radius 2 is 2.19 bits per heavy atom. The third-order valence-corrected chi connectivity index (χ3v) is 4.02. The quantitative estimate of drug-likeness (QED) is 0.917. The molecule has 6 heteroatoms. The van der Waals surface area contributed by atoms with E-state index in [2.05, 4.69) is 34.9 Å². The van der Waals surface area contributed by atoms with Gasteiger partial charge in [-0.3, -0.25) is 4.68 Å². The Labute approximate surface area is 131 Å². The number of aliphatic hydroxyl groups excluding tert-OH is 1. The van der Waals surface area contributed by atoms with Crippen molar-refractivity contribution in [3.05, 3.63) is 40.1 Å². The number of ether oxygens (including phenoxy) is 2. The Balaban J connectivity index is 1.78. The van der Waals surface area contributed by atoms with Gasteiger partial charge in [0.2, 0.25) is 6.79 Å². The van der Waals surface area contributed by atoms with E-state index in [9.17, 15) is 5.11 Å². The highest BCUT2D eigenvalue weighted by atomic mass is 79.9. The van der Waals surface area contributed by atoms with Crippen LogP contribution >= 0.6 is 15.9 Å². The molecule has 112 valence electrons. The van der Waals surface area contributed by atoms with E-state index in [1.807, 2.05) is 29.1 Å². The summed E-state index contributed by atoms with van der Waals surface area (Å²) >= 11 is 3.44. The van der Waals surface area contributed by atoms with E-state index in [0.717, 1.165) is 15.7 Å². The van der Waals surface area contributed by atoms with Crippen LogP contribution in [0.3, 0.4) is 0 Å². The molecule has 1 aromatic carbocycles. The standard InChI is InChI=1S/C15H17BrN2O3/c1-9(2)18-4-3-11(17-18)7-13(19)10-5-12(16)15-14(6-10)20-8-21-15/h3-6,9,13,19H,7-8H2,1-2H3. The normalized spacial score (nSPS) is 14.7. The lowest BCUT2D eigenvalue weighted by Crippen LogP contribution is -2.05. The maximum Gasteiger partial charge on any atom is 0.231 e. The number of fused-ring (bicyclic) bond motifs is 1. The van der Waals surface area contributed by atoms with Gasteiger partial charge in [0.05, 0.1) is 16.3 Å². The van der Waals surface area contributed by atoms with Crippen LogP contribution in [0.1, 0.15) is 37.3 Å². The van der Waals surface area contributed by atoms with Gasteiger partial charge in [-0.25, -0.2) is 0 Å². The topological polar surface area (TPSA) is 56.5 Å². The summed E-state index contributed by atoms with van der Waals surface area (Å²) in [7, 11) is 0. The minimum absolute atomic E-state index is 0.215. The Bertz CT molecular complexity index is 654. The van der Waals surface area contributed by atoms with Crippen LogP contribution in [0.15, 0.2) is 28.9 Å². The zero-order valence-corrected chi connectivity index (χ0v) is 13.5. The van der Waals surface area contributed by atoms with Gasteiger partial charge in [-0.2, -0.15) is 5.10 Å². The molecule has 0 amide bonds. The Morgan fingerprint density at radius 1 is 1.38 bits per heavy atom. The molecule has 0 saturated heterocycles. The first-order chi connectivity index (χ1) is 10.0. The van der Waals surface area contributed by atoms with Crippen molar-refractivity contribution in [3.8, 4) is 11.5 Å². The van der Waals surface area contributed by atoms with Crippen LogP contribution in [-0.4, -0.2) is 21.7 Å². The predicted octanol–water partition coefficient (Wildman–Crippen LogP) is 3.23. The zero-order valence-electron chi connectivity index (χ0n) is 11.9. The molecule has 0 aliphatic carbocycles. The van der Waals surface area contributed by atoms with Gasteiger partial charge in [0.15, 0.2) is 11.5 Å². The van der Waals surface area contributed by atoms with Crippen molar-refractivity contribution in [2.24, 2.45) is 0 Å².